The van der Waals surface area contributed by atoms with Crippen molar-refractivity contribution in [1.82, 2.24) is 14.7 Å². The topological polar surface area (TPSA) is 93.7 Å². The van der Waals surface area contributed by atoms with Crippen LogP contribution in [0, 0.1) is 23.0 Å². The average molecular weight is 417 g/mol. The van der Waals surface area contributed by atoms with Gasteiger partial charge in [-0.3, -0.25) is 14.5 Å². The monoisotopic (exact) mass is 417 g/mol. The fourth-order valence-corrected chi connectivity index (χ4v) is 5.08. The molecule has 1 aromatic carbocycles. The van der Waals surface area contributed by atoms with E-state index in [-0.39, 0.29) is 30.4 Å². The third-order valence-corrected chi connectivity index (χ3v) is 6.53. The molecule has 0 radical (unpaired) electrons. The molecule has 2 bridgehead atoms. The highest BCUT2D eigenvalue weighted by Gasteiger charge is 2.51. The van der Waals surface area contributed by atoms with E-state index in [0.29, 0.717) is 31.5 Å². The lowest BCUT2D eigenvalue weighted by molar-refractivity contribution is -0.141. The molecule has 3 heterocycles. The molecule has 1 aromatic rings. The van der Waals surface area contributed by atoms with Gasteiger partial charge in [0.25, 0.3) is 0 Å². The first-order valence-corrected chi connectivity index (χ1v) is 10.3. The summed E-state index contributed by atoms with van der Waals surface area (Å²) in [5.74, 6) is -1.71. The van der Waals surface area contributed by atoms with Gasteiger partial charge < -0.3 is 15.5 Å². The fourth-order valence-electron chi connectivity index (χ4n) is 5.08. The van der Waals surface area contributed by atoms with Crippen LogP contribution in [0.1, 0.15) is 37.8 Å². The smallest absolute Gasteiger partial charge is 0.241 e. The van der Waals surface area contributed by atoms with Crippen LogP contribution in [0.4, 0.5) is 8.78 Å². The largest absolute Gasteiger partial charge is 0.330 e. The van der Waals surface area contributed by atoms with Crippen LogP contribution in [0.5, 0.6) is 0 Å². The lowest BCUT2D eigenvalue weighted by Gasteiger charge is -2.38. The summed E-state index contributed by atoms with van der Waals surface area (Å²) in [6, 6.07) is 3.30. The van der Waals surface area contributed by atoms with Crippen molar-refractivity contribution < 1.29 is 18.4 Å². The fraction of sp³-hybridized carbons (Fsp3) is 0.571. The zero-order valence-electron chi connectivity index (χ0n) is 16.8. The van der Waals surface area contributed by atoms with Crippen molar-refractivity contribution in [1.29, 1.82) is 5.26 Å². The average Bonchev–Trinajstić information content (AvgIpc) is 3.40. The molecule has 160 valence electrons. The van der Waals surface area contributed by atoms with Crippen LogP contribution in [-0.4, -0.2) is 70.3 Å². The maximum atomic E-state index is 13.6. The van der Waals surface area contributed by atoms with Gasteiger partial charge in [-0.1, -0.05) is 0 Å². The van der Waals surface area contributed by atoms with Gasteiger partial charge in [0, 0.05) is 31.7 Å². The second-order valence-corrected chi connectivity index (χ2v) is 8.41. The standard InChI is InChI=1S/C21H25F2N5O2/c1-12(13-5-14(22)7-15(23)6-13)28-17-8-19(21(28)30)26(10-17)11-18(25)20(29)27-4-2-3-16(27)9-24/h5-7,12,16-19H,2-4,8,10-11,25H2,1H3/t12-,16-,17?,18-,19-/m0/s1. The Morgan fingerprint density at radius 3 is 2.67 bits per heavy atom. The molecule has 0 saturated carbocycles. The Balaban J connectivity index is 1.41. The number of likely N-dealkylation sites (tertiary alicyclic amines) is 3. The molecule has 3 fully saturated rings. The van der Waals surface area contributed by atoms with Gasteiger partial charge in [0.05, 0.1) is 24.2 Å². The molecule has 3 saturated heterocycles. The van der Waals surface area contributed by atoms with Gasteiger partial charge in [0.15, 0.2) is 0 Å². The Morgan fingerprint density at radius 2 is 2.03 bits per heavy atom. The van der Waals surface area contributed by atoms with Crippen molar-refractivity contribution in [3.63, 3.8) is 0 Å². The molecule has 4 rings (SSSR count). The highest BCUT2D eigenvalue weighted by atomic mass is 19.1. The zero-order valence-corrected chi connectivity index (χ0v) is 16.8. The number of carbonyl (C=O) groups excluding carboxylic acids is 2. The molecule has 2 N–H and O–H groups in total. The number of nitrogens with zero attached hydrogens (tertiary/aromatic N) is 4. The quantitative estimate of drug-likeness (QED) is 0.776. The summed E-state index contributed by atoms with van der Waals surface area (Å²) in [4.78, 5) is 30.8. The number of carbonyl (C=O) groups is 2. The van der Waals surface area contributed by atoms with Gasteiger partial charge in [-0.05, 0) is 43.9 Å². The molecule has 3 aliphatic rings. The summed E-state index contributed by atoms with van der Waals surface area (Å²) >= 11 is 0. The molecule has 5 atom stereocenters. The van der Waals surface area contributed by atoms with E-state index in [2.05, 4.69) is 6.07 Å². The zero-order chi connectivity index (χ0) is 21.6. The molecule has 9 heteroatoms. The van der Waals surface area contributed by atoms with Crippen LogP contribution in [0.25, 0.3) is 0 Å². The van der Waals surface area contributed by atoms with Gasteiger partial charge >= 0.3 is 0 Å². The summed E-state index contributed by atoms with van der Waals surface area (Å²) in [5, 5.41) is 9.19. The lowest BCUT2D eigenvalue weighted by atomic mass is 10.0. The molecule has 30 heavy (non-hydrogen) atoms. The molecular formula is C21H25F2N5O2. The van der Waals surface area contributed by atoms with E-state index in [1.165, 1.54) is 17.0 Å². The molecule has 3 aliphatic heterocycles. The third kappa shape index (κ3) is 3.55. The Kier molecular flexibility index (Phi) is 5.47. The van der Waals surface area contributed by atoms with E-state index in [1.54, 1.807) is 11.8 Å². The summed E-state index contributed by atoms with van der Waals surface area (Å²) in [6.45, 7) is 3.10. The molecule has 1 unspecified atom stereocenters. The van der Waals surface area contributed by atoms with E-state index in [4.69, 9.17) is 5.73 Å². The van der Waals surface area contributed by atoms with Gasteiger partial charge in [0.1, 0.15) is 17.7 Å². The van der Waals surface area contributed by atoms with Crippen molar-refractivity contribution in [2.45, 2.75) is 56.4 Å². The molecule has 0 aliphatic carbocycles. The SMILES string of the molecule is C[C@@H](c1cc(F)cc(F)c1)N1C(=O)[C@@H]2CC1CN2C[C@H](N)C(=O)N1CCC[C@H]1C#N. The van der Waals surface area contributed by atoms with Crippen LogP contribution < -0.4 is 5.73 Å². The number of hydrogen-bond acceptors (Lipinski definition) is 5. The van der Waals surface area contributed by atoms with E-state index in [0.717, 1.165) is 12.5 Å². The minimum atomic E-state index is -0.797. The molecular weight excluding hydrogens is 392 g/mol. The summed E-state index contributed by atoms with van der Waals surface area (Å²) in [5.41, 5.74) is 6.56. The number of benzene rings is 1. The van der Waals surface area contributed by atoms with Crippen LogP contribution in [0.15, 0.2) is 18.2 Å². The van der Waals surface area contributed by atoms with Gasteiger partial charge in [-0.2, -0.15) is 5.26 Å². The number of hydrogen-bond donors (Lipinski definition) is 1. The number of halogens is 2. The first-order valence-electron chi connectivity index (χ1n) is 10.3. The predicted molar refractivity (Wildman–Crippen MR) is 104 cm³/mol. The van der Waals surface area contributed by atoms with Crippen molar-refractivity contribution in [2.75, 3.05) is 19.6 Å². The highest BCUT2D eigenvalue weighted by molar-refractivity contribution is 5.87. The van der Waals surface area contributed by atoms with E-state index in [1.807, 2.05) is 4.90 Å². The second kappa shape index (κ2) is 7.93. The Bertz CT molecular complexity index is 884. The minimum absolute atomic E-state index is 0.0928. The number of rotatable bonds is 5. The van der Waals surface area contributed by atoms with Gasteiger partial charge in [-0.15, -0.1) is 0 Å². The maximum absolute atomic E-state index is 13.6. The Hall–Kier alpha value is -2.57. The predicted octanol–water partition coefficient (Wildman–Crippen LogP) is 1.15. The van der Waals surface area contributed by atoms with Crippen molar-refractivity contribution in [3.8, 4) is 6.07 Å². The molecule has 7 nitrogen and oxygen atoms in total. The number of nitriles is 1. The normalized spacial score (nSPS) is 28.1. The first kappa shape index (κ1) is 20.7. The van der Waals surface area contributed by atoms with Crippen LogP contribution >= 0.6 is 0 Å². The van der Waals surface area contributed by atoms with Crippen LogP contribution in [0.2, 0.25) is 0 Å². The van der Waals surface area contributed by atoms with Crippen molar-refractivity contribution >= 4 is 11.8 Å². The summed E-state index contributed by atoms with van der Waals surface area (Å²) < 4.78 is 27.2. The van der Waals surface area contributed by atoms with Gasteiger partial charge in [-0.25, -0.2) is 8.78 Å². The molecule has 0 spiro atoms. The highest BCUT2D eigenvalue weighted by Crippen LogP contribution is 2.38. The van der Waals surface area contributed by atoms with E-state index in [9.17, 15) is 23.6 Å². The van der Waals surface area contributed by atoms with Crippen LogP contribution in [-0.2, 0) is 9.59 Å². The summed E-state index contributed by atoms with van der Waals surface area (Å²) in [7, 11) is 0. The number of piperazine rings is 1. The lowest BCUT2D eigenvalue weighted by Crippen LogP contribution is -2.56. The number of amides is 2. The minimum Gasteiger partial charge on any atom is -0.330 e. The van der Waals surface area contributed by atoms with E-state index >= 15 is 0 Å². The number of nitrogens with two attached hydrogens (primary N) is 1. The Morgan fingerprint density at radius 1 is 1.33 bits per heavy atom. The third-order valence-electron chi connectivity index (χ3n) is 6.53. The Labute approximate surface area is 174 Å². The summed E-state index contributed by atoms with van der Waals surface area (Å²) in [6.07, 6.45) is 2.05. The maximum Gasteiger partial charge on any atom is 0.241 e. The van der Waals surface area contributed by atoms with Crippen LogP contribution in [0.3, 0.4) is 0 Å². The first-order chi connectivity index (χ1) is 14.3. The van der Waals surface area contributed by atoms with Crippen molar-refractivity contribution in [2.24, 2.45) is 5.73 Å². The second-order valence-electron chi connectivity index (χ2n) is 8.41. The van der Waals surface area contributed by atoms with Crippen molar-refractivity contribution in [3.05, 3.63) is 35.4 Å². The van der Waals surface area contributed by atoms with Gasteiger partial charge in [0.2, 0.25) is 11.8 Å². The number of fused-ring (bicyclic) bond motifs is 2. The molecule has 2 amide bonds. The molecule has 0 aromatic heterocycles. The van der Waals surface area contributed by atoms with E-state index < -0.39 is 29.8 Å².